The zero-order chi connectivity index (χ0) is 12.5. The summed E-state index contributed by atoms with van der Waals surface area (Å²) in [5, 5.41) is -0.502. The zero-order valence-electron chi connectivity index (χ0n) is 10.6. The molecule has 4 unspecified atom stereocenters. The van der Waals surface area contributed by atoms with Crippen LogP contribution in [0.15, 0.2) is 0 Å². The summed E-state index contributed by atoms with van der Waals surface area (Å²) < 4.78 is 32.0. The minimum Gasteiger partial charge on any atom is -0.285 e. The van der Waals surface area contributed by atoms with Gasteiger partial charge < -0.3 is 0 Å². The molecular weight excluding hydrogens is 236 g/mol. The lowest BCUT2D eigenvalue weighted by Crippen LogP contribution is -2.27. The number of fused-ring (bicyclic) bond motifs is 1. The van der Waals surface area contributed by atoms with Crippen LogP contribution in [-0.2, 0) is 10.1 Å². The van der Waals surface area contributed by atoms with Gasteiger partial charge in [-0.25, -0.2) is 0 Å². The predicted octanol–water partition coefficient (Wildman–Crippen LogP) is 3.26. The molecule has 1 N–H and O–H groups in total. The van der Waals surface area contributed by atoms with E-state index in [2.05, 4.69) is 6.92 Å². The van der Waals surface area contributed by atoms with Gasteiger partial charge in [0.2, 0.25) is 0 Å². The molecule has 4 heteroatoms. The molecule has 3 nitrogen and oxygen atoms in total. The Hall–Kier alpha value is -0.0900. The lowest BCUT2D eigenvalue weighted by Gasteiger charge is -2.35. The van der Waals surface area contributed by atoms with Gasteiger partial charge in [0.15, 0.2) is 0 Å². The van der Waals surface area contributed by atoms with Crippen LogP contribution in [0.5, 0.6) is 0 Å². The van der Waals surface area contributed by atoms with Crippen LogP contribution in [-0.4, -0.2) is 18.2 Å². The average molecular weight is 260 g/mol. The van der Waals surface area contributed by atoms with Crippen molar-refractivity contribution in [1.82, 2.24) is 0 Å². The van der Waals surface area contributed by atoms with E-state index < -0.39 is 15.4 Å². The normalized spacial score (nSPS) is 39.4. The molecule has 17 heavy (non-hydrogen) atoms. The first kappa shape index (κ1) is 13.3. The molecule has 0 aromatic heterocycles. The summed E-state index contributed by atoms with van der Waals surface area (Å²) >= 11 is 0. The lowest BCUT2D eigenvalue weighted by molar-refractivity contribution is 0.159. The van der Waals surface area contributed by atoms with Crippen LogP contribution in [0.25, 0.3) is 0 Å². The van der Waals surface area contributed by atoms with E-state index in [1.807, 2.05) is 0 Å². The maximum absolute atomic E-state index is 11.4. The Morgan fingerprint density at radius 1 is 1.12 bits per heavy atom. The smallest absolute Gasteiger partial charge is 0.267 e. The highest BCUT2D eigenvalue weighted by Gasteiger charge is 2.38. The van der Waals surface area contributed by atoms with Crippen LogP contribution < -0.4 is 0 Å². The van der Waals surface area contributed by atoms with Crippen molar-refractivity contribution in [1.29, 1.82) is 0 Å². The van der Waals surface area contributed by atoms with E-state index in [-0.39, 0.29) is 0 Å². The van der Waals surface area contributed by atoms with Crippen LogP contribution in [0, 0.1) is 17.8 Å². The van der Waals surface area contributed by atoms with E-state index in [9.17, 15) is 13.0 Å². The van der Waals surface area contributed by atoms with Gasteiger partial charge in [0.05, 0.1) is 5.25 Å². The summed E-state index contributed by atoms with van der Waals surface area (Å²) in [6, 6.07) is 0. The molecule has 4 atom stereocenters. The molecule has 2 rings (SSSR count). The molecule has 0 bridgehead atoms. The van der Waals surface area contributed by atoms with Crippen molar-refractivity contribution < 1.29 is 13.0 Å². The Kier molecular flexibility index (Phi) is 4.14. The SMILES string of the molecule is CCC1CC(S(=O)(=O)O)CCC2CCCCC21. The van der Waals surface area contributed by atoms with Crippen molar-refractivity contribution in [2.45, 2.75) is 63.5 Å². The van der Waals surface area contributed by atoms with Gasteiger partial charge in [0.25, 0.3) is 10.1 Å². The minimum absolute atomic E-state index is 0.495. The highest BCUT2D eigenvalue weighted by molar-refractivity contribution is 7.86. The summed E-state index contributed by atoms with van der Waals surface area (Å²) in [4.78, 5) is 0. The van der Waals surface area contributed by atoms with E-state index in [1.165, 1.54) is 25.7 Å². The molecule has 100 valence electrons. The van der Waals surface area contributed by atoms with Gasteiger partial charge in [0, 0.05) is 0 Å². The van der Waals surface area contributed by atoms with Crippen molar-refractivity contribution in [2.24, 2.45) is 17.8 Å². The molecule has 0 saturated heterocycles. The fraction of sp³-hybridized carbons (Fsp3) is 1.00. The van der Waals surface area contributed by atoms with Gasteiger partial charge in [-0.3, -0.25) is 4.55 Å². The van der Waals surface area contributed by atoms with E-state index in [4.69, 9.17) is 0 Å². The number of rotatable bonds is 2. The lowest BCUT2D eigenvalue weighted by atomic mass is 9.71. The molecule has 2 aliphatic rings. The number of hydrogen-bond acceptors (Lipinski definition) is 2. The van der Waals surface area contributed by atoms with Crippen LogP contribution in [0.4, 0.5) is 0 Å². The van der Waals surface area contributed by atoms with Crippen LogP contribution in [0.1, 0.15) is 58.3 Å². The summed E-state index contributed by atoms with van der Waals surface area (Å²) in [6.07, 6.45) is 8.51. The zero-order valence-corrected chi connectivity index (χ0v) is 11.5. The topological polar surface area (TPSA) is 54.4 Å². The van der Waals surface area contributed by atoms with Crippen LogP contribution in [0.3, 0.4) is 0 Å². The molecule has 0 radical (unpaired) electrons. The molecular formula is C13H24O3S. The monoisotopic (exact) mass is 260 g/mol. The Labute approximate surface area is 105 Å². The van der Waals surface area contributed by atoms with Crippen LogP contribution in [0.2, 0.25) is 0 Å². The van der Waals surface area contributed by atoms with Crippen molar-refractivity contribution in [3.63, 3.8) is 0 Å². The maximum atomic E-state index is 11.4. The Morgan fingerprint density at radius 3 is 2.47 bits per heavy atom. The predicted molar refractivity (Wildman–Crippen MR) is 68.4 cm³/mol. The first-order valence-electron chi connectivity index (χ1n) is 6.98. The third kappa shape index (κ3) is 3.02. The van der Waals surface area contributed by atoms with Gasteiger partial charge in [0.1, 0.15) is 0 Å². The Balaban J connectivity index is 2.16. The summed E-state index contributed by atoms with van der Waals surface area (Å²) in [6.45, 7) is 2.16. The molecule has 2 aliphatic carbocycles. The fourth-order valence-corrected chi connectivity index (χ4v) is 4.91. The molecule has 2 fully saturated rings. The summed E-state index contributed by atoms with van der Waals surface area (Å²) in [7, 11) is -3.84. The maximum Gasteiger partial charge on any atom is 0.267 e. The van der Waals surface area contributed by atoms with E-state index in [1.54, 1.807) is 0 Å². The fourth-order valence-electron chi connectivity index (χ4n) is 3.99. The third-order valence-electron chi connectivity index (χ3n) is 4.94. The van der Waals surface area contributed by atoms with Gasteiger partial charge in [-0.2, -0.15) is 8.42 Å². The van der Waals surface area contributed by atoms with Crippen molar-refractivity contribution >= 4 is 10.1 Å². The summed E-state index contributed by atoms with van der Waals surface area (Å²) in [5.74, 6) is 1.91. The number of hydrogen-bond donors (Lipinski definition) is 1. The van der Waals surface area contributed by atoms with Gasteiger partial charge in [-0.1, -0.05) is 32.6 Å². The second-order valence-electron chi connectivity index (χ2n) is 5.83. The quantitative estimate of drug-likeness (QED) is 0.775. The summed E-state index contributed by atoms with van der Waals surface area (Å²) in [5.41, 5.74) is 0. The second-order valence-corrected chi connectivity index (χ2v) is 7.52. The van der Waals surface area contributed by atoms with Gasteiger partial charge >= 0.3 is 0 Å². The van der Waals surface area contributed by atoms with Gasteiger partial charge in [-0.05, 0) is 43.4 Å². The average Bonchev–Trinajstić information content (AvgIpc) is 2.47. The Bertz CT molecular complexity index is 350. The first-order valence-corrected chi connectivity index (χ1v) is 8.49. The largest absolute Gasteiger partial charge is 0.285 e. The second kappa shape index (κ2) is 5.27. The molecule has 0 aromatic rings. The highest BCUT2D eigenvalue weighted by atomic mass is 32.2. The van der Waals surface area contributed by atoms with E-state index in [0.29, 0.717) is 30.6 Å². The van der Waals surface area contributed by atoms with Crippen molar-refractivity contribution in [3.8, 4) is 0 Å². The standard InChI is InChI=1S/C13H24O3S/c1-2-10-9-12(17(14,15)16)8-7-11-5-3-4-6-13(10)11/h10-13H,2-9H2,1H3,(H,14,15,16). The molecule has 0 aliphatic heterocycles. The minimum atomic E-state index is -3.84. The first-order chi connectivity index (χ1) is 8.02. The van der Waals surface area contributed by atoms with Crippen molar-refractivity contribution in [2.75, 3.05) is 0 Å². The molecule has 0 heterocycles. The van der Waals surface area contributed by atoms with Gasteiger partial charge in [-0.15, -0.1) is 0 Å². The Morgan fingerprint density at radius 2 is 1.82 bits per heavy atom. The van der Waals surface area contributed by atoms with E-state index >= 15 is 0 Å². The highest BCUT2D eigenvalue weighted by Crippen LogP contribution is 2.44. The third-order valence-corrected chi connectivity index (χ3v) is 6.21. The molecule has 2 saturated carbocycles. The molecule has 0 aromatic carbocycles. The van der Waals surface area contributed by atoms with E-state index in [0.717, 1.165) is 12.8 Å². The van der Waals surface area contributed by atoms with Crippen molar-refractivity contribution in [3.05, 3.63) is 0 Å². The molecule has 0 amide bonds. The molecule has 0 spiro atoms. The van der Waals surface area contributed by atoms with Crippen LogP contribution >= 0.6 is 0 Å².